The van der Waals surface area contributed by atoms with Gasteiger partial charge < -0.3 is 9.47 Å². The zero-order chi connectivity index (χ0) is 9.26. The summed E-state index contributed by atoms with van der Waals surface area (Å²) in [6.07, 6.45) is 2.69. The Morgan fingerprint density at radius 1 is 1.15 bits per heavy atom. The molecule has 5 nitrogen and oxygen atoms in total. The van der Waals surface area contributed by atoms with Crippen LogP contribution in [0.4, 0.5) is 5.69 Å². The lowest BCUT2D eigenvalue weighted by atomic mass is 10.3. The molecule has 0 saturated heterocycles. The number of hydrogen-bond acceptors (Lipinski definition) is 4. The highest BCUT2D eigenvalue weighted by Crippen LogP contribution is 2.33. The SMILES string of the molecule is O=[N+]([O-])c1ccc2c(c1)OC=CO2. The summed E-state index contributed by atoms with van der Waals surface area (Å²) >= 11 is 0. The molecule has 0 amide bonds. The molecule has 66 valence electrons. The molecule has 1 aliphatic heterocycles. The first-order chi connectivity index (χ1) is 6.27. The van der Waals surface area contributed by atoms with Crippen LogP contribution in [0.25, 0.3) is 0 Å². The van der Waals surface area contributed by atoms with Gasteiger partial charge in [-0.2, -0.15) is 0 Å². The Bertz CT molecular complexity index is 386. The minimum atomic E-state index is -0.484. The molecule has 0 atom stereocenters. The van der Waals surface area contributed by atoms with Gasteiger partial charge in [-0.05, 0) is 6.07 Å². The van der Waals surface area contributed by atoms with Crippen molar-refractivity contribution >= 4 is 5.69 Å². The summed E-state index contributed by atoms with van der Waals surface area (Å²) in [5.74, 6) is 0.838. The predicted octanol–water partition coefficient (Wildman–Crippen LogP) is 1.84. The van der Waals surface area contributed by atoms with E-state index in [1.807, 2.05) is 0 Å². The molecule has 0 aliphatic carbocycles. The molecule has 0 N–H and O–H groups in total. The predicted molar refractivity (Wildman–Crippen MR) is 43.5 cm³/mol. The third-order valence-corrected chi connectivity index (χ3v) is 1.58. The van der Waals surface area contributed by atoms with Crippen LogP contribution in [0.5, 0.6) is 11.5 Å². The van der Waals surface area contributed by atoms with E-state index in [0.29, 0.717) is 11.5 Å². The molecule has 0 bridgehead atoms. The van der Waals surface area contributed by atoms with E-state index in [4.69, 9.17) is 9.47 Å². The molecule has 1 aromatic rings. The number of ether oxygens (including phenoxy) is 2. The van der Waals surface area contributed by atoms with Crippen molar-refractivity contribution in [3.8, 4) is 11.5 Å². The zero-order valence-electron chi connectivity index (χ0n) is 6.47. The van der Waals surface area contributed by atoms with E-state index in [1.54, 1.807) is 0 Å². The topological polar surface area (TPSA) is 61.6 Å². The molecule has 1 aliphatic rings. The third-order valence-electron chi connectivity index (χ3n) is 1.58. The van der Waals surface area contributed by atoms with Crippen molar-refractivity contribution in [2.24, 2.45) is 0 Å². The molecule has 0 unspecified atom stereocenters. The molecule has 1 aromatic carbocycles. The average molecular weight is 179 g/mol. The summed E-state index contributed by atoms with van der Waals surface area (Å²) in [6.45, 7) is 0. The largest absolute Gasteiger partial charge is 0.458 e. The number of fused-ring (bicyclic) bond motifs is 1. The van der Waals surface area contributed by atoms with Crippen LogP contribution in [-0.2, 0) is 0 Å². The summed E-state index contributed by atoms with van der Waals surface area (Å²) in [6, 6.07) is 4.18. The maximum absolute atomic E-state index is 10.4. The van der Waals surface area contributed by atoms with Gasteiger partial charge in [0.2, 0.25) is 0 Å². The fourth-order valence-electron chi connectivity index (χ4n) is 1.00. The van der Waals surface area contributed by atoms with E-state index in [2.05, 4.69) is 0 Å². The Hall–Kier alpha value is -2.04. The van der Waals surface area contributed by atoms with Gasteiger partial charge in [-0.3, -0.25) is 10.1 Å². The van der Waals surface area contributed by atoms with Gasteiger partial charge in [0.1, 0.15) is 12.5 Å². The molecule has 2 rings (SSSR count). The summed E-state index contributed by atoms with van der Waals surface area (Å²) < 4.78 is 10.0. The van der Waals surface area contributed by atoms with Gasteiger partial charge in [-0.25, -0.2) is 0 Å². The Morgan fingerprint density at radius 3 is 2.54 bits per heavy atom. The number of rotatable bonds is 1. The molecule has 5 heteroatoms. The quantitative estimate of drug-likeness (QED) is 0.487. The molecular formula is C8H5NO4. The van der Waals surface area contributed by atoms with Crippen molar-refractivity contribution in [3.63, 3.8) is 0 Å². The van der Waals surface area contributed by atoms with Crippen LogP contribution in [0.2, 0.25) is 0 Å². The maximum Gasteiger partial charge on any atom is 0.273 e. The average Bonchev–Trinajstić information content (AvgIpc) is 2.17. The second-order valence-corrected chi connectivity index (χ2v) is 2.40. The molecule has 0 saturated carbocycles. The molecular weight excluding hydrogens is 174 g/mol. The van der Waals surface area contributed by atoms with Gasteiger partial charge in [0.25, 0.3) is 5.69 Å². The van der Waals surface area contributed by atoms with Crippen LogP contribution in [0, 0.1) is 10.1 Å². The van der Waals surface area contributed by atoms with Gasteiger partial charge in [0.05, 0.1) is 11.0 Å². The van der Waals surface area contributed by atoms with Crippen LogP contribution < -0.4 is 9.47 Å². The van der Waals surface area contributed by atoms with Gasteiger partial charge >= 0.3 is 0 Å². The van der Waals surface area contributed by atoms with Crippen molar-refractivity contribution < 1.29 is 14.4 Å². The van der Waals surface area contributed by atoms with E-state index in [-0.39, 0.29) is 5.69 Å². The Morgan fingerprint density at radius 2 is 1.85 bits per heavy atom. The standard InChI is InChI=1S/C8H5NO4/c10-9(11)6-1-2-7-8(5-6)13-4-3-12-7/h1-5H. The highest BCUT2D eigenvalue weighted by atomic mass is 16.6. The van der Waals surface area contributed by atoms with Gasteiger partial charge in [-0.1, -0.05) is 0 Å². The monoisotopic (exact) mass is 179 g/mol. The van der Waals surface area contributed by atoms with Crippen LogP contribution in [0.15, 0.2) is 30.7 Å². The number of non-ortho nitro benzene ring substituents is 1. The van der Waals surface area contributed by atoms with Gasteiger partial charge in [-0.15, -0.1) is 0 Å². The van der Waals surface area contributed by atoms with E-state index in [1.165, 1.54) is 30.7 Å². The smallest absolute Gasteiger partial charge is 0.273 e. The van der Waals surface area contributed by atoms with Crippen molar-refractivity contribution in [2.45, 2.75) is 0 Å². The lowest BCUT2D eigenvalue weighted by Crippen LogP contribution is -1.97. The Balaban J connectivity index is 2.44. The van der Waals surface area contributed by atoms with Crippen molar-refractivity contribution in [2.75, 3.05) is 0 Å². The third kappa shape index (κ3) is 1.31. The van der Waals surface area contributed by atoms with E-state index in [0.717, 1.165) is 0 Å². The van der Waals surface area contributed by atoms with E-state index < -0.39 is 4.92 Å². The first-order valence-electron chi connectivity index (χ1n) is 3.54. The van der Waals surface area contributed by atoms with Crippen LogP contribution in [-0.4, -0.2) is 4.92 Å². The summed E-state index contributed by atoms with van der Waals surface area (Å²) in [7, 11) is 0. The molecule has 0 fully saturated rings. The Kier molecular flexibility index (Phi) is 1.63. The normalized spacial score (nSPS) is 12.6. The van der Waals surface area contributed by atoms with Gasteiger partial charge in [0.15, 0.2) is 11.5 Å². The minimum Gasteiger partial charge on any atom is -0.458 e. The zero-order valence-corrected chi connectivity index (χ0v) is 6.47. The first kappa shape index (κ1) is 7.60. The molecule has 0 aromatic heterocycles. The van der Waals surface area contributed by atoms with Crippen LogP contribution in [0.1, 0.15) is 0 Å². The number of benzene rings is 1. The Labute approximate surface area is 73.3 Å². The van der Waals surface area contributed by atoms with Crippen LogP contribution in [0.3, 0.4) is 0 Å². The summed E-state index contributed by atoms with van der Waals surface area (Å²) in [5.41, 5.74) is -0.0161. The minimum absolute atomic E-state index is 0.0161. The highest BCUT2D eigenvalue weighted by molar-refractivity contribution is 5.49. The lowest BCUT2D eigenvalue weighted by molar-refractivity contribution is -0.384. The molecule has 13 heavy (non-hydrogen) atoms. The second kappa shape index (κ2) is 2.78. The molecule has 0 spiro atoms. The fraction of sp³-hybridized carbons (Fsp3) is 0. The molecule has 0 radical (unpaired) electrons. The van der Waals surface area contributed by atoms with Crippen molar-refractivity contribution in [1.29, 1.82) is 0 Å². The second-order valence-electron chi connectivity index (χ2n) is 2.40. The van der Waals surface area contributed by atoms with Crippen molar-refractivity contribution in [3.05, 3.63) is 40.8 Å². The highest BCUT2D eigenvalue weighted by Gasteiger charge is 2.13. The molecule has 1 heterocycles. The fourth-order valence-corrected chi connectivity index (χ4v) is 1.00. The number of hydrogen-bond donors (Lipinski definition) is 0. The first-order valence-corrected chi connectivity index (χ1v) is 3.54. The number of nitrogens with zero attached hydrogens (tertiary/aromatic N) is 1. The van der Waals surface area contributed by atoms with Crippen molar-refractivity contribution in [1.82, 2.24) is 0 Å². The van der Waals surface area contributed by atoms with Gasteiger partial charge in [0, 0.05) is 6.07 Å². The summed E-state index contributed by atoms with van der Waals surface area (Å²) in [5, 5.41) is 10.4. The lowest BCUT2D eigenvalue weighted by Gasteiger charge is -2.10. The number of nitro groups is 1. The van der Waals surface area contributed by atoms with E-state index >= 15 is 0 Å². The summed E-state index contributed by atoms with van der Waals surface area (Å²) in [4.78, 5) is 9.89. The maximum atomic E-state index is 10.4. The van der Waals surface area contributed by atoms with E-state index in [9.17, 15) is 10.1 Å². The van der Waals surface area contributed by atoms with Crippen LogP contribution >= 0.6 is 0 Å². The number of nitro benzene ring substituents is 1.